The maximum absolute atomic E-state index is 14.7. The van der Waals surface area contributed by atoms with Crippen molar-refractivity contribution in [3.05, 3.63) is 35.1 Å². The molecule has 0 aromatic heterocycles. The van der Waals surface area contributed by atoms with Crippen molar-refractivity contribution < 1.29 is 28.2 Å². The number of benzene rings is 1. The van der Waals surface area contributed by atoms with Crippen LogP contribution in [0.3, 0.4) is 0 Å². The van der Waals surface area contributed by atoms with Crippen LogP contribution >= 0.6 is 0 Å². The summed E-state index contributed by atoms with van der Waals surface area (Å²) in [6.45, 7) is 12.6. The molecule has 0 spiro atoms. The lowest BCUT2D eigenvalue weighted by molar-refractivity contribution is 0.00568. The Morgan fingerprint density at radius 2 is 1.63 bits per heavy atom. The number of ether oxygens (including phenoxy) is 3. The zero-order valence-corrected chi connectivity index (χ0v) is 18.9. The van der Waals surface area contributed by atoms with Gasteiger partial charge >= 0.3 is 12.1 Å². The predicted molar refractivity (Wildman–Crippen MR) is 112 cm³/mol. The molecule has 0 saturated carbocycles. The SMILES string of the molecule is CC(C)(C)OC(=O)c1cccc(COCC2CCN(C(=O)OC(C)(C)C)CC2)c1F. The van der Waals surface area contributed by atoms with Crippen molar-refractivity contribution in [1.29, 1.82) is 0 Å². The van der Waals surface area contributed by atoms with Crippen LogP contribution in [0.1, 0.15) is 70.3 Å². The second-order valence-corrected chi connectivity index (χ2v) is 9.71. The summed E-state index contributed by atoms with van der Waals surface area (Å²) in [5.74, 6) is -0.997. The molecule has 0 N–H and O–H groups in total. The summed E-state index contributed by atoms with van der Waals surface area (Å²) in [5, 5.41) is 0. The Labute approximate surface area is 178 Å². The molecule has 2 rings (SSSR count). The molecule has 0 unspecified atom stereocenters. The quantitative estimate of drug-likeness (QED) is 0.628. The minimum atomic E-state index is -0.690. The van der Waals surface area contributed by atoms with Gasteiger partial charge in [-0.3, -0.25) is 0 Å². The van der Waals surface area contributed by atoms with Gasteiger partial charge in [0, 0.05) is 25.3 Å². The highest BCUT2D eigenvalue weighted by Gasteiger charge is 2.27. The molecule has 0 aliphatic carbocycles. The number of carbonyl (C=O) groups is 2. The molecule has 1 heterocycles. The highest BCUT2D eigenvalue weighted by molar-refractivity contribution is 5.90. The summed E-state index contributed by atoms with van der Waals surface area (Å²) < 4.78 is 31.1. The summed E-state index contributed by atoms with van der Waals surface area (Å²) in [5.41, 5.74) is -0.958. The van der Waals surface area contributed by atoms with Crippen molar-refractivity contribution in [1.82, 2.24) is 4.90 Å². The molecule has 1 amide bonds. The Morgan fingerprint density at radius 1 is 1.03 bits per heavy atom. The number of hydrogen-bond acceptors (Lipinski definition) is 5. The largest absolute Gasteiger partial charge is 0.456 e. The van der Waals surface area contributed by atoms with E-state index in [2.05, 4.69) is 0 Å². The lowest BCUT2D eigenvalue weighted by Gasteiger charge is -2.33. The average Bonchev–Trinajstić information content (AvgIpc) is 2.60. The second kappa shape index (κ2) is 9.77. The Bertz CT molecular complexity index is 743. The molecule has 1 saturated heterocycles. The fraction of sp³-hybridized carbons (Fsp3) is 0.652. The van der Waals surface area contributed by atoms with Gasteiger partial charge in [-0.25, -0.2) is 14.0 Å². The van der Waals surface area contributed by atoms with E-state index < -0.39 is 23.0 Å². The molecule has 7 heteroatoms. The van der Waals surface area contributed by atoms with Crippen LogP contribution in [-0.4, -0.2) is 47.9 Å². The van der Waals surface area contributed by atoms with Gasteiger partial charge in [-0.1, -0.05) is 12.1 Å². The van der Waals surface area contributed by atoms with Crippen LogP contribution in [0.4, 0.5) is 9.18 Å². The summed E-state index contributed by atoms with van der Waals surface area (Å²) in [7, 11) is 0. The normalized spacial score (nSPS) is 15.8. The van der Waals surface area contributed by atoms with Crippen molar-refractivity contribution in [2.45, 2.75) is 72.2 Å². The first-order valence-corrected chi connectivity index (χ1v) is 10.4. The summed E-state index contributed by atoms with van der Waals surface area (Å²) in [6, 6.07) is 4.65. The van der Waals surface area contributed by atoms with Gasteiger partial charge in [0.05, 0.1) is 12.2 Å². The molecule has 168 valence electrons. The summed E-state index contributed by atoms with van der Waals surface area (Å²) in [6.07, 6.45) is 1.32. The number of hydrogen-bond donors (Lipinski definition) is 0. The first-order chi connectivity index (χ1) is 13.9. The molecule has 1 fully saturated rings. The van der Waals surface area contributed by atoms with E-state index in [-0.39, 0.29) is 18.3 Å². The molecule has 1 aliphatic rings. The summed E-state index contributed by atoms with van der Waals surface area (Å²) in [4.78, 5) is 26.0. The molecule has 1 aromatic rings. The van der Waals surface area contributed by atoms with Crippen LogP contribution in [0.15, 0.2) is 18.2 Å². The number of halogens is 1. The van der Waals surface area contributed by atoms with Gasteiger partial charge in [0.15, 0.2) is 0 Å². The number of piperidine rings is 1. The number of nitrogens with zero attached hydrogens (tertiary/aromatic N) is 1. The van der Waals surface area contributed by atoms with Crippen molar-refractivity contribution in [2.75, 3.05) is 19.7 Å². The first-order valence-electron chi connectivity index (χ1n) is 10.4. The molecule has 0 radical (unpaired) electrons. The maximum atomic E-state index is 14.7. The van der Waals surface area contributed by atoms with Crippen molar-refractivity contribution in [3.63, 3.8) is 0 Å². The van der Waals surface area contributed by atoms with E-state index in [9.17, 15) is 14.0 Å². The van der Waals surface area contributed by atoms with E-state index in [1.807, 2.05) is 20.8 Å². The smallest absolute Gasteiger partial charge is 0.410 e. The van der Waals surface area contributed by atoms with Gasteiger partial charge in [0.2, 0.25) is 0 Å². The highest BCUT2D eigenvalue weighted by Crippen LogP contribution is 2.22. The Hall–Kier alpha value is -2.15. The lowest BCUT2D eigenvalue weighted by atomic mass is 9.98. The van der Waals surface area contributed by atoms with Crippen molar-refractivity contribution >= 4 is 12.1 Å². The fourth-order valence-electron chi connectivity index (χ4n) is 3.13. The topological polar surface area (TPSA) is 65.1 Å². The Kier molecular flexibility index (Phi) is 7.86. The van der Waals surface area contributed by atoms with Crippen LogP contribution in [0, 0.1) is 11.7 Å². The number of rotatable bonds is 5. The molecule has 0 atom stereocenters. The zero-order valence-electron chi connectivity index (χ0n) is 18.9. The van der Waals surface area contributed by atoms with Crippen LogP contribution in [-0.2, 0) is 20.8 Å². The average molecular weight is 424 g/mol. The van der Waals surface area contributed by atoms with E-state index >= 15 is 0 Å². The van der Waals surface area contributed by atoms with Crippen LogP contribution in [0.5, 0.6) is 0 Å². The summed E-state index contributed by atoms with van der Waals surface area (Å²) >= 11 is 0. The minimum Gasteiger partial charge on any atom is -0.456 e. The van der Waals surface area contributed by atoms with E-state index in [1.165, 1.54) is 6.07 Å². The van der Waals surface area contributed by atoms with E-state index in [0.29, 0.717) is 31.2 Å². The fourth-order valence-corrected chi connectivity index (χ4v) is 3.13. The molecule has 1 aromatic carbocycles. The van der Waals surface area contributed by atoms with Crippen molar-refractivity contribution in [2.24, 2.45) is 5.92 Å². The highest BCUT2D eigenvalue weighted by atomic mass is 19.1. The van der Waals surface area contributed by atoms with E-state index in [4.69, 9.17) is 14.2 Å². The van der Waals surface area contributed by atoms with E-state index in [0.717, 1.165) is 12.8 Å². The number of likely N-dealkylation sites (tertiary alicyclic amines) is 1. The third-order valence-electron chi connectivity index (χ3n) is 4.57. The molecular formula is C23H34FNO5. The van der Waals surface area contributed by atoms with Crippen LogP contribution in [0.2, 0.25) is 0 Å². The third-order valence-corrected chi connectivity index (χ3v) is 4.57. The minimum absolute atomic E-state index is 0.0781. The van der Waals surface area contributed by atoms with Gasteiger partial charge in [-0.05, 0) is 66.4 Å². The van der Waals surface area contributed by atoms with Gasteiger partial charge in [0.1, 0.15) is 17.0 Å². The number of esters is 1. The van der Waals surface area contributed by atoms with Gasteiger partial charge in [-0.2, -0.15) is 0 Å². The molecule has 30 heavy (non-hydrogen) atoms. The lowest BCUT2D eigenvalue weighted by Crippen LogP contribution is -2.42. The maximum Gasteiger partial charge on any atom is 0.410 e. The number of carbonyl (C=O) groups excluding carboxylic acids is 2. The molecule has 1 aliphatic heterocycles. The van der Waals surface area contributed by atoms with Crippen LogP contribution in [0.25, 0.3) is 0 Å². The second-order valence-electron chi connectivity index (χ2n) is 9.71. The van der Waals surface area contributed by atoms with Crippen molar-refractivity contribution in [3.8, 4) is 0 Å². The van der Waals surface area contributed by atoms with Gasteiger partial charge in [0.25, 0.3) is 0 Å². The molecular weight excluding hydrogens is 389 g/mol. The number of amides is 1. The molecule has 0 bridgehead atoms. The van der Waals surface area contributed by atoms with E-state index in [1.54, 1.807) is 37.8 Å². The predicted octanol–water partition coefficient (Wildman–Crippen LogP) is 4.94. The molecule has 6 nitrogen and oxygen atoms in total. The van der Waals surface area contributed by atoms with Gasteiger partial charge in [-0.15, -0.1) is 0 Å². The van der Waals surface area contributed by atoms with Crippen LogP contribution < -0.4 is 0 Å². The monoisotopic (exact) mass is 423 g/mol. The van der Waals surface area contributed by atoms with Gasteiger partial charge < -0.3 is 19.1 Å². The third kappa shape index (κ3) is 7.59. The Balaban J connectivity index is 1.82. The first kappa shape index (κ1) is 24.1. The zero-order chi connectivity index (χ0) is 22.5. The Morgan fingerprint density at radius 3 is 2.20 bits per heavy atom. The standard InChI is InChI=1S/C23H34FNO5/c1-22(2,3)29-20(26)18-9-7-8-17(19(18)24)15-28-14-16-10-12-25(13-11-16)21(27)30-23(4,5)6/h7-9,16H,10-15H2,1-6H3.